The lowest BCUT2D eigenvalue weighted by molar-refractivity contribution is -0.140. The topological polar surface area (TPSA) is 49.4 Å². The fourth-order valence-corrected chi connectivity index (χ4v) is 5.08. The first-order valence-electron chi connectivity index (χ1n) is 11.9. The van der Waals surface area contributed by atoms with Crippen molar-refractivity contribution in [2.75, 3.05) is 5.75 Å². The minimum atomic E-state index is -0.709. The fraction of sp³-hybridized carbons (Fsp3) is 0.310. The van der Waals surface area contributed by atoms with Crippen LogP contribution in [0, 0.1) is 0 Å². The number of rotatable bonds is 10. The maximum absolute atomic E-state index is 13.7. The van der Waals surface area contributed by atoms with E-state index in [1.807, 2.05) is 81.4 Å². The predicted molar refractivity (Wildman–Crippen MR) is 156 cm³/mol. The van der Waals surface area contributed by atoms with Gasteiger partial charge in [0.1, 0.15) is 6.04 Å². The second-order valence-corrected chi connectivity index (χ2v) is 12.1. The van der Waals surface area contributed by atoms with E-state index in [0.717, 1.165) is 16.7 Å². The van der Waals surface area contributed by atoms with Crippen molar-refractivity contribution < 1.29 is 9.59 Å². The van der Waals surface area contributed by atoms with Crippen LogP contribution in [0.1, 0.15) is 37.5 Å². The average molecular weight is 578 g/mol. The molecule has 0 aromatic heterocycles. The third-order valence-corrected chi connectivity index (χ3v) is 7.49. The number of hydrogen-bond acceptors (Lipinski definition) is 3. The first-order valence-corrected chi connectivity index (χ1v) is 14.2. The molecule has 0 fully saturated rings. The van der Waals surface area contributed by atoms with Gasteiger partial charge in [0.2, 0.25) is 11.8 Å². The van der Waals surface area contributed by atoms with E-state index < -0.39 is 11.6 Å². The van der Waals surface area contributed by atoms with E-state index >= 15 is 0 Å². The number of nitrogens with one attached hydrogen (secondary N) is 1. The molecule has 0 bridgehead atoms. The summed E-state index contributed by atoms with van der Waals surface area (Å²) in [6, 6.07) is 21.9. The molecule has 4 nitrogen and oxygen atoms in total. The van der Waals surface area contributed by atoms with Crippen LogP contribution in [0.4, 0.5) is 0 Å². The van der Waals surface area contributed by atoms with Crippen molar-refractivity contribution in [1.82, 2.24) is 10.2 Å². The highest BCUT2D eigenvalue weighted by Gasteiger charge is 2.32. The summed E-state index contributed by atoms with van der Waals surface area (Å²) in [5.74, 6) is 0.543. The Bertz CT molecular complexity index is 1200. The van der Waals surface area contributed by atoms with Crippen molar-refractivity contribution in [2.24, 2.45) is 0 Å². The molecule has 1 atom stereocenters. The van der Waals surface area contributed by atoms with Crippen LogP contribution in [0.5, 0.6) is 0 Å². The molecule has 196 valence electrons. The summed E-state index contributed by atoms with van der Waals surface area (Å²) in [6.07, 6.45) is 0.387. The van der Waals surface area contributed by atoms with E-state index in [0.29, 0.717) is 27.2 Å². The second kappa shape index (κ2) is 13.6. The Kier molecular flexibility index (Phi) is 10.8. The number of benzene rings is 3. The molecule has 0 aliphatic carbocycles. The van der Waals surface area contributed by atoms with Gasteiger partial charge in [0, 0.05) is 29.3 Å². The van der Waals surface area contributed by atoms with Gasteiger partial charge < -0.3 is 10.2 Å². The summed E-state index contributed by atoms with van der Waals surface area (Å²) in [6.45, 7) is 6.01. The maximum Gasteiger partial charge on any atom is 0.243 e. The van der Waals surface area contributed by atoms with Crippen LogP contribution in [0.2, 0.25) is 15.1 Å². The lowest BCUT2D eigenvalue weighted by atomic mass is 10.0. The summed E-state index contributed by atoms with van der Waals surface area (Å²) in [7, 11) is 0. The van der Waals surface area contributed by atoms with Gasteiger partial charge in [-0.25, -0.2) is 0 Å². The SMILES string of the molecule is CC(C)(C)NC(=O)[C@@H](Cc1ccccc1)N(Cc1ccc(Cl)c(Cl)c1)C(=O)CSCc1ccc(Cl)cc1. The van der Waals surface area contributed by atoms with Crippen LogP contribution >= 0.6 is 46.6 Å². The Balaban J connectivity index is 1.88. The first-order chi connectivity index (χ1) is 17.5. The summed E-state index contributed by atoms with van der Waals surface area (Å²) < 4.78 is 0. The van der Waals surface area contributed by atoms with Crippen LogP contribution in [0.25, 0.3) is 0 Å². The number of carbonyl (C=O) groups excluding carboxylic acids is 2. The summed E-state index contributed by atoms with van der Waals surface area (Å²) in [4.78, 5) is 28.9. The second-order valence-electron chi connectivity index (χ2n) is 9.83. The molecule has 0 spiro atoms. The molecule has 3 aromatic carbocycles. The number of amides is 2. The molecule has 0 heterocycles. The predicted octanol–water partition coefficient (Wildman–Crippen LogP) is 7.43. The summed E-state index contributed by atoms with van der Waals surface area (Å²) in [5.41, 5.74) is 2.39. The molecule has 0 aliphatic rings. The van der Waals surface area contributed by atoms with Crippen molar-refractivity contribution in [3.05, 3.63) is 105 Å². The minimum Gasteiger partial charge on any atom is -0.350 e. The van der Waals surface area contributed by atoms with Crippen molar-refractivity contribution in [3.8, 4) is 0 Å². The van der Waals surface area contributed by atoms with Crippen LogP contribution in [-0.4, -0.2) is 34.0 Å². The van der Waals surface area contributed by atoms with Gasteiger partial charge >= 0.3 is 0 Å². The zero-order chi connectivity index (χ0) is 27.0. The zero-order valence-corrected chi connectivity index (χ0v) is 24.2. The van der Waals surface area contributed by atoms with Crippen LogP contribution in [0.15, 0.2) is 72.8 Å². The van der Waals surface area contributed by atoms with Gasteiger partial charge in [-0.3, -0.25) is 9.59 Å². The van der Waals surface area contributed by atoms with Gasteiger partial charge in [-0.1, -0.05) is 83.3 Å². The fourth-order valence-electron chi connectivity index (χ4n) is 3.76. The molecule has 0 radical (unpaired) electrons. The summed E-state index contributed by atoms with van der Waals surface area (Å²) in [5, 5.41) is 4.58. The normalized spacial score (nSPS) is 12.2. The molecule has 3 aromatic rings. The van der Waals surface area contributed by atoms with E-state index in [-0.39, 0.29) is 24.1 Å². The van der Waals surface area contributed by atoms with E-state index in [1.54, 1.807) is 17.0 Å². The van der Waals surface area contributed by atoms with Gasteiger partial charge in [0.25, 0.3) is 0 Å². The van der Waals surface area contributed by atoms with E-state index in [4.69, 9.17) is 34.8 Å². The smallest absolute Gasteiger partial charge is 0.243 e. The van der Waals surface area contributed by atoms with Crippen molar-refractivity contribution in [1.29, 1.82) is 0 Å². The van der Waals surface area contributed by atoms with Crippen LogP contribution < -0.4 is 5.32 Å². The number of carbonyl (C=O) groups is 2. The number of thioether (sulfide) groups is 1. The highest BCUT2D eigenvalue weighted by Crippen LogP contribution is 2.25. The molecule has 8 heteroatoms. The van der Waals surface area contributed by atoms with Crippen LogP contribution in [-0.2, 0) is 28.3 Å². The van der Waals surface area contributed by atoms with E-state index in [1.165, 1.54) is 11.8 Å². The molecule has 37 heavy (non-hydrogen) atoms. The van der Waals surface area contributed by atoms with Crippen molar-refractivity contribution in [2.45, 2.75) is 51.1 Å². The Morgan fingerprint density at radius 2 is 1.51 bits per heavy atom. The van der Waals surface area contributed by atoms with E-state index in [2.05, 4.69) is 5.32 Å². The molecule has 0 saturated carbocycles. The number of hydrogen-bond donors (Lipinski definition) is 1. The summed E-state index contributed by atoms with van der Waals surface area (Å²) >= 11 is 19.9. The zero-order valence-electron chi connectivity index (χ0n) is 21.1. The standard InChI is InChI=1S/C29H31Cl3N2O2S/c1-29(2,3)33-28(36)26(16-20-7-5-4-6-8-20)34(17-22-11-14-24(31)25(32)15-22)27(35)19-37-18-21-9-12-23(30)13-10-21/h4-15,26H,16-19H2,1-3H3,(H,33,36)/t26-/m1/s1. The lowest BCUT2D eigenvalue weighted by Gasteiger charge is -2.34. The van der Waals surface area contributed by atoms with Gasteiger partial charge in [0.05, 0.1) is 15.8 Å². The van der Waals surface area contributed by atoms with E-state index in [9.17, 15) is 9.59 Å². The quantitative estimate of drug-likeness (QED) is 0.272. The van der Waals surface area contributed by atoms with Gasteiger partial charge in [-0.2, -0.15) is 0 Å². The van der Waals surface area contributed by atoms with Crippen molar-refractivity contribution in [3.63, 3.8) is 0 Å². The molecule has 0 aliphatic heterocycles. The molecule has 3 rings (SSSR count). The average Bonchev–Trinajstić information content (AvgIpc) is 2.84. The molecule has 2 amide bonds. The molecule has 1 N–H and O–H groups in total. The van der Waals surface area contributed by atoms with Gasteiger partial charge in [-0.05, 0) is 61.7 Å². The Morgan fingerprint density at radius 1 is 0.865 bits per heavy atom. The molecular formula is C29H31Cl3N2O2S. The van der Waals surface area contributed by atoms with Gasteiger partial charge in [0.15, 0.2) is 0 Å². The third kappa shape index (κ3) is 9.57. The minimum absolute atomic E-state index is 0.130. The van der Waals surface area contributed by atoms with Crippen molar-refractivity contribution >= 4 is 58.4 Å². The highest BCUT2D eigenvalue weighted by molar-refractivity contribution is 7.99. The van der Waals surface area contributed by atoms with Gasteiger partial charge in [-0.15, -0.1) is 11.8 Å². The Hall–Kier alpha value is -2.18. The number of nitrogens with zero attached hydrogens (tertiary/aromatic N) is 1. The first kappa shape index (κ1) is 29.4. The molecule has 0 unspecified atom stereocenters. The Morgan fingerprint density at radius 3 is 2.14 bits per heavy atom. The Labute approximate surface area is 238 Å². The number of halogens is 3. The maximum atomic E-state index is 13.7. The molecule has 0 saturated heterocycles. The largest absolute Gasteiger partial charge is 0.350 e. The van der Waals surface area contributed by atoms with Crippen LogP contribution in [0.3, 0.4) is 0 Å². The highest BCUT2D eigenvalue weighted by atomic mass is 35.5. The molecular weight excluding hydrogens is 547 g/mol. The third-order valence-electron chi connectivity index (χ3n) is 5.51. The lowest BCUT2D eigenvalue weighted by Crippen LogP contribution is -2.54. The monoisotopic (exact) mass is 576 g/mol.